The number of nitrogens with zero attached hydrogens (tertiary/aromatic N) is 1. The maximum Gasteiger partial charge on any atom is 0.328 e. The normalized spacial score (nSPS) is 10.3. The Balaban J connectivity index is 0.000000221. The van der Waals surface area contributed by atoms with Crippen LogP contribution in [0.5, 0.6) is 0 Å². The monoisotopic (exact) mass is 372 g/mol. The van der Waals surface area contributed by atoms with Crippen LogP contribution in [0.2, 0.25) is 0 Å². The molecule has 3 aromatic rings. The van der Waals surface area contributed by atoms with Crippen LogP contribution in [0.1, 0.15) is 11.1 Å². The first-order chi connectivity index (χ1) is 13.6. The Hall–Kier alpha value is -3.99. The van der Waals surface area contributed by atoms with Crippen LogP contribution in [-0.4, -0.2) is 22.0 Å². The third-order valence-corrected chi connectivity index (χ3v) is 3.39. The fourth-order valence-corrected chi connectivity index (χ4v) is 2.09. The summed E-state index contributed by atoms with van der Waals surface area (Å²) in [6.07, 6.45) is 9.23. The zero-order chi connectivity index (χ0) is 20.0. The molecule has 5 heteroatoms. The van der Waals surface area contributed by atoms with Gasteiger partial charge in [0.2, 0.25) is 5.91 Å². The van der Waals surface area contributed by atoms with Crippen molar-refractivity contribution in [2.24, 2.45) is 0 Å². The molecule has 0 aliphatic rings. The summed E-state index contributed by atoms with van der Waals surface area (Å²) in [6, 6.07) is 22.5. The van der Waals surface area contributed by atoms with Crippen molar-refractivity contribution in [3.8, 4) is 0 Å². The maximum absolute atomic E-state index is 11.6. The molecule has 0 spiro atoms. The number of nitrogens with one attached hydrogen (secondary N) is 1. The lowest BCUT2D eigenvalue weighted by Crippen LogP contribution is -2.07. The molecule has 0 bridgehead atoms. The fourth-order valence-electron chi connectivity index (χ4n) is 2.09. The van der Waals surface area contributed by atoms with E-state index in [1.165, 1.54) is 6.08 Å². The van der Waals surface area contributed by atoms with E-state index in [1.807, 2.05) is 60.7 Å². The standard InChI is InChI=1S/C14H12N2O.C9H8O2/c17-14(16-13-8-10-15-11-9-13)7-6-12-4-2-1-3-5-12;10-9(11)7-6-8-4-2-1-3-5-8/h1-11H,(H,15,16,17);1-7H,(H,10,11)/b2*7-6+. The number of carbonyl (C=O) groups excluding carboxylic acids is 1. The van der Waals surface area contributed by atoms with E-state index in [2.05, 4.69) is 10.3 Å². The Morgan fingerprint density at radius 1 is 0.750 bits per heavy atom. The number of anilines is 1. The number of aliphatic carboxylic acids is 1. The van der Waals surface area contributed by atoms with Gasteiger partial charge in [-0.25, -0.2) is 4.79 Å². The van der Waals surface area contributed by atoms with Crippen LogP contribution in [0.25, 0.3) is 12.2 Å². The van der Waals surface area contributed by atoms with Gasteiger partial charge in [0, 0.05) is 30.2 Å². The van der Waals surface area contributed by atoms with Crippen molar-refractivity contribution in [2.45, 2.75) is 0 Å². The highest BCUT2D eigenvalue weighted by molar-refractivity contribution is 6.01. The lowest BCUT2D eigenvalue weighted by atomic mass is 10.2. The second-order valence-corrected chi connectivity index (χ2v) is 5.55. The molecule has 1 heterocycles. The quantitative estimate of drug-likeness (QED) is 0.646. The van der Waals surface area contributed by atoms with Gasteiger partial charge in [0.1, 0.15) is 0 Å². The Morgan fingerprint density at radius 2 is 1.25 bits per heavy atom. The number of aromatic nitrogens is 1. The van der Waals surface area contributed by atoms with Crippen LogP contribution in [0, 0.1) is 0 Å². The Bertz CT molecular complexity index is 922. The SMILES string of the molecule is O=C(/C=C/c1ccccc1)Nc1ccncc1.O=C(O)/C=C/c1ccccc1. The van der Waals surface area contributed by atoms with E-state index >= 15 is 0 Å². The Labute approximate surface area is 163 Å². The molecule has 0 fully saturated rings. The van der Waals surface area contributed by atoms with Crippen LogP contribution < -0.4 is 5.32 Å². The summed E-state index contributed by atoms with van der Waals surface area (Å²) in [5.41, 5.74) is 2.63. The van der Waals surface area contributed by atoms with Crippen molar-refractivity contribution in [3.63, 3.8) is 0 Å². The minimum atomic E-state index is -0.922. The molecule has 5 nitrogen and oxygen atoms in total. The lowest BCUT2D eigenvalue weighted by Gasteiger charge is -2.00. The number of carboxylic acid groups (broad SMARTS) is 1. The molecule has 0 radical (unpaired) electrons. The van der Waals surface area contributed by atoms with Crippen molar-refractivity contribution in [3.05, 3.63) is 108 Å². The van der Waals surface area contributed by atoms with Crippen molar-refractivity contribution in [1.82, 2.24) is 4.98 Å². The largest absolute Gasteiger partial charge is 0.478 e. The van der Waals surface area contributed by atoms with Gasteiger partial charge in [-0.15, -0.1) is 0 Å². The average Bonchev–Trinajstić information content (AvgIpc) is 2.73. The molecule has 0 aliphatic carbocycles. The van der Waals surface area contributed by atoms with Gasteiger partial charge >= 0.3 is 5.97 Å². The predicted molar refractivity (Wildman–Crippen MR) is 111 cm³/mol. The summed E-state index contributed by atoms with van der Waals surface area (Å²) in [4.78, 5) is 25.5. The van der Waals surface area contributed by atoms with Gasteiger partial charge in [-0.05, 0) is 35.4 Å². The van der Waals surface area contributed by atoms with Gasteiger partial charge in [-0.2, -0.15) is 0 Å². The number of hydrogen-bond acceptors (Lipinski definition) is 3. The Morgan fingerprint density at radius 3 is 1.75 bits per heavy atom. The van der Waals surface area contributed by atoms with Gasteiger partial charge in [-0.1, -0.05) is 60.7 Å². The molecule has 0 saturated heterocycles. The van der Waals surface area contributed by atoms with Crippen molar-refractivity contribution < 1.29 is 14.7 Å². The molecule has 2 aromatic carbocycles. The van der Waals surface area contributed by atoms with E-state index in [9.17, 15) is 9.59 Å². The van der Waals surface area contributed by atoms with E-state index in [-0.39, 0.29) is 5.91 Å². The zero-order valence-corrected chi connectivity index (χ0v) is 15.1. The van der Waals surface area contributed by atoms with Crippen LogP contribution in [0.15, 0.2) is 97.3 Å². The van der Waals surface area contributed by atoms with Crippen LogP contribution in [0.3, 0.4) is 0 Å². The topological polar surface area (TPSA) is 79.3 Å². The summed E-state index contributed by atoms with van der Waals surface area (Å²) >= 11 is 0. The maximum atomic E-state index is 11.6. The van der Waals surface area contributed by atoms with E-state index in [0.717, 1.165) is 22.9 Å². The van der Waals surface area contributed by atoms with Gasteiger partial charge in [0.15, 0.2) is 0 Å². The molecule has 0 saturated carbocycles. The van der Waals surface area contributed by atoms with Crippen LogP contribution in [0.4, 0.5) is 5.69 Å². The molecular weight excluding hydrogens is 352 g/mol. The number of carbonyl (C=O) groups is 2. The molecule has 0 unspecified atom stereocenters. The van der Waals surface area contributed by atoms with Gasteiger partial charge in [-0.3, -0.25) is 9.78 Å². The molecule has 1 aromatic heterocycles. The second-order valence-electron chi connectivity index (χ2n) is 5.55. The van der Waals surface area contributed by atoms with Crippen molar-refractivity contribution >= 4 is 29.7 Å². The average molecular weight is 372 g/mol. The fraction of sp³-hybridized carbons (Fsp3) is 0. The number of carboxylic acids is 1. The van der Waals surface area contributed by atoms with Gasteiger partial charge < -0.3 is 10.4 Å². The summed E-state index contributed by atoms with van der Waals surface area (Å²) in [5, 5.41) is 11.0. The highest BCUT2D eigenvalue weighted by Gasteiger charge is 1.96. The number of hydrogen-bond donors (Lipinski definition) is 2. The predicted octanol–water partition coefficient (Wildman–Crippen LogP) is 4.52. The summed E-state index contributed by atoms with van der Waals surface area (Å²) in [7, 11) is 0. The highest BCUT2D eigenvalue weighted by Crippen LogP contribution is 2.05. The Kier molecular flexibility index (Phi) is 8.41. The summed E-state index contributed by atoms with van der Waals surface area (Å²) < 4.78 is 0. The molecule has 0 aliphatic heterocycles. The van der Waals surface area contributed by atoms with Crippen LogP contribution >= 0.6 is 0 Å². The molecular formula is C23H20N2O3. The van der Waals surface area contributed by atoms with E-state index in [1.54, 1.807) is 36.7 Å². The lowest BCUT2D eigenvalue weighted by molar-refractivity contribution is -0.131. The van der Waals surface area contributed by atoms with Crippen molar-refractivity contribution in [2.75, 3.05) is 5.32 Å². The first-order valence-electron chi connectivity index (χ1n) is 8.54. The van der Waals surface area contributed by atoms with E-state index < -0.39 is 5.97 Å². The smallest absolute Gasteiger partial charge is 0.328 e. The third kappa shape index (κ3) is 8.40. The number of amides is 1. The third-order valence-electron chi connectivity index (χ3n) is 3.39. The molecule has 3 rings (SSSR count). The molecule has 140 valence electrons. The van der Waals surface area contributed by atoms with E-state index in [4.69, 9.17) is 5.11 Å². The first kappa shape index (κ1) is 20.3. The minimum absolute atomic E-state index is 0.153. The summed E-state index contributed by atoms with van der Waals surface area (Å²) in [5.74, 6) is -1.08. The number of benzene rings is 2. The van der Waals surface area contributed by atoms with Crippen LogP contribution in [-0.2, 0) is 9.59 Å². The number of pyridine rings is 1. The minimum Gasteiger partial charge on any atom is -0.478 e. The van der Waals surface area contributed by atoms with Gasteiger partial charge in [0.05, 0.1) is 0 Å². The van der Waals surface area contributed by atoms with Crippen molar-refractivity contribution in [1.29, 1.82) is 0 Å². The van der Waals surface area contributed by atoms with E-state index in [0.29, 0.717) is 0 Å². The molecule has 1 amide bonds. The summed E-state index contributed by atoms with van der Waals surface area (Å²) in [6.45, 7) is 0. The molecule has 0 atom stereocenters. The molecule has 28 heavy (non-hydrogen) atoms. The first-order valence-corrected chi connectivity index (χ1v) is 8.54. The molecule has 2 N–H and O–H groups in total. The second kappa shape index (κ2) is 11.6. The zero-order valence-electron chi connectivity index (χ0n) is 15.1. The van der Waals surface area contributed by atoms with Gasteiger partial charge in [0.25, 0.3) is 0 Å². The highest BCUT2D eigenvalue weighted by atomic mass is 16.4. The number of rotatable bonds is 5.